The van der Waals surface area contributed by atoms with Crippen LogP contribution < -0.4 is 5.32 Å². The highest BCUT2D eigenvalue weighted by molar-refractivity contribution is 5.74. The minimum Gasteiger partial charge on any atom is -0.376 e. The van der Waals surface area contributed by atoms with Gasteiger partial charge in [0, 0.05) is 32.6 Å². The lowest BCUT2D eigenvalue weighted by Gasteiger charge is -2.32. The number of nitrogens with one attached hydrogen (secondary N) is 1. The number of aromatic nitrogens is 3. The summed E-state index contributed by atoms with van der Waals surface area (Å²) in [4.78, 5) is 14.3. The van der Waals surface area contributed by atoms with Crippen LogP contribution in [-0.4, -0.2) is 58.0 Å². The Bertz CT molecular complexity index is 561. The topological polar surface area (TPSA) is 72.3 Å². The molecule has 1 saturated heterocycles. The van der Waals surface area contributed by atoms with E-state index in [1.54, 1.807) is 6.33 Å². The van der Waals surface area contributed by atoms with Crippen molar-refractivity contribution in [3.05, 3.63) is 12.2 Å². The van der Waals surface area contributed by atoms with Crippen molar-refractivity contribution in [2.24, 2.45) is 13.0 Å². The Balaban J connectivity index is 1.40. The lowest BCUT2D eigenvalue weighted by Crippen LogP contribution is -2.46. The van der Waals surface area contributed by atoms with Gasteiger partial charge >= 0.3 is 6.03 Å². The highest BCUT2D eigenvalue weighted by Gasteiger charge is 2.27. The molecule has 0 unspecified atom stereocenters. The summed E-state index contributed by atoms with van der Waals surface area (Å²) in [6.07, 6.45) is 9.13. The maximum atomic E-state index is 12.4. The number of aryl methyl sites for hydroxylation is 1. The molecule has 1 aliphatic carbocycles. The van der Waals surface area contributed by atoms with Crippen molar-refractivity contribution in [3.63, 3.8) is 0 Å². The Morgan fingerprint density at radius 3 is 2.92 bits per heavy atom. The second kappa shape index (κ2) is 8.65. The SMILES string of the molecule is C[C@@H]1CCCC[C@@H]1OCCNC(=O)N1CCC[C@@H](c2nncn2C)C1. The van der Waals surface area contributed by atoms with Gasteiger partial charge in [-0.15, -0.1) is 10.2 Å². The Morgan fingerprint density at radius 2 is 2.16 bits per heavy atom. The Hall–Kier alpha value is -1.63. The number of carbonyl (C=O) groups excluding carboxylic acids is 1. The van der Waals surface area contributed by atoms with Crippen LogP contribution in [0, 0.1) is 5.92 Å². The monoisotopic (exact) mass is 349 g/mol. The molecule has 3 rings (SSSR count). The van der Waals surface area contributed by atoms with Crippen molar-refractivity contribution in [2.45, 2.75) is 57.5 Å². The molecule has 0 spiro atoms. The first kappa shape index (κ1) is 18.2. The maximum Gasteiger partial charge on any atom is 0.317 e. The largest absolute Gasteiger partial charge is 0.376 e. The zero-order chi connectivity index (χ0) is 17.6. The van der Waals surface area contributed by atoms with Crippen LogP contribution in [0.5, 0.6) is 0 Å². The summed E-state index contributed by atoms with van der Waals surface area (Å²) in [6, 6.07) is 0.00663. The fourth-order valence-corrected chi connectivity index (χ4v) is 4.04. The molecule has 0 radical (unpaired) electrons. The predicted octanol–water partition coefficient (Wildman–Crippen LogP) is 2.30. The minimum atomic E-state index is 0.00663. The number of hydrogen-bond acceptors (Lipinski definition) is 4. The summed E-state index contributed by atoms with van der Waals surface area (Å²) in [5.41, 5.74) is 0. The van der Waals surface area contributed by atoms with Crippen molar-refractivity contribution in [1.82, 2.24) is 25.0 Å². The lowest BCUT2D eigenvalue weighted by atomic mass is 9.88. The van der Waals surface area contributed by atoms with Crippen LogP contribution in [0.1, 0.15) is 57.2 Å². The molecule has 7 heteroatoms. The summed E-state index contributed by atoms with van der Waals surface area (Å²) in [5.74, 6) is 1.87. The molecular weight excluding hydrogens is 318 g/mol. The summed E-state index contributed by atoms with van der Waals surface area (Å²) < 4.78 is 7.92. The van der Waals surface area contributed by atoms with Gasteiger partial charge in [0.25, 0.3) is 0 Å². The van der Waals surface area contributed by atoms with Gasteiger partial charge in [0.2, 0.25) is 0 Å². The normalized spacial score (nSPS) is 27.3. The number of piperidine rings is 1. The lowest BCUT2D eigenvalue weighted by molar-refractivity contribution is -0.00277. The first-order valence-electron chi connectivity index (χ1n) is 9.63. The van der Waals surface area contributed by atoms with Gasteiger partial charge in [0.15, 0.2) is 0 Å². The van der Waals surface area contributed by atoms with E-state index in [1.807, 2.05) is 16.5 Å². The average molecular weight is 349 g/mol. The van der Waals surface area contributed by atoms with Crippen LogP contribution in [0.3, 0.4) is 0 Å². The van der Waals surface area contributed by atoms with E-state index < -0.39 is 0 Å². The molecule has 1 aromatic heterocycles. The zero-order valence-electron chi connectivity index (χ0n) is 15.5. The van der Waals surface area contributed by atoms with E-state index in [4.69, 9.17) is 4.74 Å². The third-order valence-corrected chi connectivity index (χ3v) is 5.56. The van der Waals surface area contributed by atoms with Crippen LogP contribution in [0.25, 0.3) is 0 Å². The van der Waals surface area contributed by atoms with Crippen LogP contribution >= 0.6 is 0 Å². The Morgan fingerprint density at radius 1 is 1.32 bits per heavy atom. The minimum absolute atomic E-state index is 0.00663. The van der Waals surface area contributed by atoms with Gasteiger partial charge in [0.05, 0.1) is 12.7 Å². The first-order valence-corrected chi connectivity index (χ1v) is 9.63. The average Bonchev–Trinajstić information content (AvgIpc) is 3.06. The molecule has 7 nitrogen and oxygen atoms in total. The second-order valence-corrected chi connectivity index (χ2v) is 7.49. The Labute approximate surface area is 150 Å². The van der Waals surface area contributed by atoms with E-state index >= 15 is 0 Å². The van der Waals surface area contributed by atoms with Gasteiger partial charge in [0.1, 0.15) is 12.2 Å². The number of likely N-dealkylation sites (tertiary alicyclic amines) is 1. The van der Waals surface area contributed by atoms with Gasteiger partial charge in [-0.05, 0) is 31.6 Å². The van der Waals surface area contributed by atoms with Gasteiger partial charge in [-0.3, -0.25) is 0 Å². The van der Waals surface area contributed by atoms with E-state index in [1.165, 1.54) is 19.3 Å². The second-order valence-electron chi connectivity index (χ2n) is 7.49. The van der Waals surface area contributed by atoms with E-state index in [0.717, 1.165) is 31.6 Å². The molecule has 1 aromatic rings. The molecule has 2 fully saturated rings. The smallest absolute Gasteiger partial charge is 0.317 e. The van der Waals surface area contributed by atoms with Crippen LogP contribution in [-0.2, 0) is 11.8 Å². The van der Waals surface area contributed by atoms with Crippen LogP contribution in [0.4, 0.5) is 4.79 Å². The summed E-state index contributed by atoms with van der Waals surface area (Å²) in [6.45, 7) is 4.96. The fourth-order valence-electron chi connectivity index (χ4n) is 4.04. The molecule has 0 aromatic carbocycles. The predicted molar refractivity (Wildman–Crippen MR) is 95.3 cm³/mol. The summed E-state index contributed by atoms with van der Waals surface area (Å²) >= 11 is 0. The summed E-state index contributed by atoms with van der Waals surface area (Å²) in [7, 11) is 1.96. The maximum absolute atomic E-state index is 12.4. The third-order valence-electron chi connectivity index (χ3n) is 5.56. The molecule has 25 heavy (non-hydrogen) atoms. The van der Waals surface area contributed by atoms with Crippen molar-refractivity contribution in [2.75, 3.05) is 26.2 Å². The molecule has 1 N–H and O–H groups in total. The molecule has 2 aliphatic rings. The quantitative estimate of drug-likeness (QED) is 0.828. The van der Waals surface area contributed by atoms with Crippen molar-refractivity contribution in [3.8, 4) is 0 Å². The molecule has 140 valence electrons. The number of carbonyl (C=O) groups is 1. The number of rotatable bonds is 5. The molecule has 1 saturated carbocycles. The van der Waals surface area contributed by atoms with Crippen molar-refractivity contribution >= 4 is 6.03 Å². The fraction of sp³-hybridized carbons (Fsp3) is 0.833. The molecular formula is C18H31N5O2. The number of nitrogens with zero attached hydrogens (tertiary/aromatic N) is 4. The van der Waals surface area contributed by atoms with Crippen LogP contribution in [0.15, 0.2) is 6.33 Å². The van der Waals surface area contributed by atoms with Gasteiger partial charge in [-0.25, -0.2) is 4.79 Å². The summed E-state index contributed by atoms with van der Waals surface area (Å²) in [5, 5.41) is 11.2. The number of hydrogen-bond donors (Lipinski definition) is 1. The van der Waals surface area contributed by atoms with E-state index in [2.05, 4.69) is 22.4 Å². The van der Waals surface area contributed by atoms with Crippen LogP contribution in [0.2, 0.25) is 0 Å². The Kier molecular flexibility index (Phi) is 6.29. The molecule has 0 bridgehead atoms. The third kappa shape index (κ3) is 4.71. The van der Waals surface area contributed by atoms with Gasteiger partial charge in [-0.1, -0.05) is 19.8 Å². The standard InChI is InChI=1S/C18H31N5O2/c1-14-6-3-4-8-16(14)25-11-9-19-18(24)23-10-5-7-15(12-23)17-21-20-13-22(17)2/h13-16H,3-12H2,1-2H3,(H,19,24)/t14-,15-,16+/m1/s1. The highest BCUT2D eigenvalue weighted by atomic mass is 16.5. The van der Waals surface area contributed by atoms with E-state index in [9.17, 15) is 4.79 Å². The number of urea groups is 1. The first-order chi connectivity index (χ1) is 12.1. The molecule has 2 heterocycles. The number of amides is 2. The highest BCUT2D eigenvalue weighted by Crippen LogP contribution is 2.26. The van der Waals surface area contributed by atoms with Gasteiger partial charge < -0.3 is 19.5 Å². The molecule has 2 amide bonds. The van der Waals surface area contributed by atoms with E-state index in [0.29, 0.717) is 31.7 Å². The zero-order valence-corrected chi connectivity index (χ0v) is 15.5. The van der Waals surface area contributed by atoms with E-state index in [-0.39, 0.29) is 11.9 Å². The van der Waals surface area contributed by atoms with Crippen molar-refractivity contribution in [1.29, 1.82) is 0 Å². The molecule has 3 atom stereocenters. The molecule has 1 aliphatic heterocycles. The van der Waals surface area contributed by atoms with Crippen molar-refractivity contribution < 1.29 is 9.53 Å². The number of ether oxygens (including phenoxy) is 1. The van der Waals surface area contributed by atoms with Gasteiger partial charge in [-0.2, -0.15) is 0 Å².